The minimum absolute atomic E-state index is 0.0360. The van der Waals surface area contributed by atoms with Crippen LogP contribution >= 0.6 is 12.2 Å². The lowest BCUT2D eigenvalue weighted by molar-refractivity contribution is -0.128. The van der Waals surface area contributed by atoms with E-state index in [1.807, 2.05) is 0 Å². The number of thiocarbonyl (C=S) groups is 1. The van der Waals surface area contributed by atoms with Crippen molar-refractivity contribution < 1.29 is 14.0 Å². The molecule has 2 aromatic rings. The van der Waals surface area contributed by atoms with Gasteiger partial charge >= 0.3 is 0 Å². The Kier molecular flexibility index (Phi) is 5.04. The van der Waals surface area contributed by atoms with E-state index in [-0.39, 0.29) is 23.0 Å². The van der Waals surface area contributed by atoms with Crippen molar-refractivity contribution in [2.45, 2.75) is 0 Å². The van der Waals surface area contributed by atoms with Gasteiger partial charge in [0.2, 0.25) is 0 Å². The second kappa shape index (κ2) is 7.41. The Bertz CT molecular complexity index is 952. The number of hydrogen-bond donors (Lipinski definition) is 1. The normalized spacial score (nSPS) is 16.0. The first-order valence-corrected chi connectivity index (χ1v) is 8.27. The molecule has 1 N–H and O–H groups in total. The largest absolute Gasteiger partial charge is 0.298 e. The molecular weight excluding hydrogens is 351 g/mol. The van der Waals surface area contributed by atoms with Gasteiger partial charge in [-0.25, -0.2) is 4.39 Å². The number of rotatable bonds is 4. The number of carbonyl (C=O) groups excluding carboxylic acids is 2. The summed E-state index contributed by atoms with van der Waals surface area (Å²) in [7, 11) is 0. The average molecular weight is 366 g/mol. The fourth-order valence-electron chi connectivity index (χ4n) is 2.65. The molecule has 0 radical (unpaired) electrons. The van der Waals surface area contributed by atoms with Crippen molar-refractivity contribution in [3.8, 4) is 11.1 Å². The summed E-state index contributed by atoms with van der Waals surface area (Å²) in [5.41, 5.74) is 1.67. The molecule has 0 saturated carbocycles. The maximum Gasteiger partial charge on any atom is 0.265 e. The second-order valence-corrected chi connectivity index (χ2v) is 6.01. The quantitative estimate of drug-likeness (QED) is 0.391. The fourth-order valence-corrected chi connectivity index (χ4v) is 2.90. The zero-order valence-corrected chi connectivity index (χ0v) is 14.6. The van der Waals surface area contributed by atoms with Crippen LogP contribution in [0.1, 0.15) is 5.56 Å². The van der Waals surface area contributed by atoms with Crippen LogP contribution < -0.4 is 5.32 Å². The van der Waals surface area contributed by atoms with Crippen molar-refractivity contribution in [2.75, 3.05) is 6.54 Å². The molecule has 6 heteroatoms. The SMILES string of the molecule is C=CCN1C(=O)/C(=C/c2cccc(-c3ccccc3F)c2)C(=O)NC1=S. The summed E-state index contributed by atoms with van der Waals surface area (Å²) in [5, 5.41) is 2.54. The second-order valence-electron chi connectivity index (χ2n) is 5.63. The van der Waals surface area contributed by atoms with Gasteiger partial charge in [0.25, 0.3) is 11.8 Å². The summed E-state index contributed by atoms with van der Waals surface area (Å²) in [4.78, 5) is 26.0. The zero-order chi connectivity index (χ0) is 18.7. The third-order valence-electron chi connectivity index (χ3n) is 3.88. The van der Waals surface area contributed by atoms with Gasteiger partial charge < -0.3 is 0 Å². The molecule has 0 spiro atoms. The van der Waals surface area contributed by atoms with Gasteiger partial charge in [0.1, 0.15) is 11.4 Å². The number of nitrogens with one attached hydrogen (secondary N) is 1. The fraction of sp³-hybridized carbons (Fsp3) is 0.0500. The Labute approximate surface area is 155 Å². The molecule has 0 atom stereocenters. The zero-order valence-electron chi connectivity index (χ0n) is 13.7. The van der Waals surface area contributed by atoms with Crippen LogP contribution in [0.3, 0.4) is 0 Å². The van der Waals surface area contributed by atoms with E-state index in [9.17, 15) is 14.0 Å². The first-order valence-electron chi connectivity index (χ1n) is 7.86. The first kappa shape index (κ1) is 17.7. The molecule has 1 aliphatic rings. The van der Waals surface area contributed by atoms with Gasteiger partial charge in [0.05, 0.1) is 0 Å². The topological polar surface area (TPSA) is 49.4 Å². The molecule has 2 aromatic carbocycles. The molecule has 0 aromatic heterocycles. The van der Waals surface area contributed by atoms with Gasteiger partial charge in [-0.1, -0.05) is 42.5 Å². The van der Waals surface area contributed by atoms with Crippen LogP contribution in [0.4, 0.5) is 4.39 Å². The standard InChI is InChI=1S/C20H15FN2O2S/c1-2-10-23-19(25)16(18(24)22-20(23)26)12-13-6-5-7-14(11-13)15-8-3-4-9-17(15)21/h2-9,11-12H,1,10H2,(H,22,24,26)/b16-12+. The number of nitrogens with zero attached hydrogens (tertiary/aromatic N) is 1. The maximum atomic E-state index is 14.0. The van der Waals surface area contributed by atoms with E-state index in [0.717, 1.165) is 0 Å². The van der Waals surface area contributed by atoms with E-state index in [2.05, 4.69) is 11.9 Å². The molecule has 0 bridgehead atoms. The number of benzene rings is 2. The van der Waals surface area contributed by atoms with Gasteiger partial charge in [0, 0.05) is 12.1 Å². The van der Waals surface area contributed by atoms with Gasteiger partial charge in [-0.05, 0) is 41.6 Å². The molecule has 0 aliphatic carbocycles. The number of halogens is 1. The van der Waals surface area contributed by atoms with Crippen LogP contribution in [0.25, 0.3) is 17.2 Å². The molecule has 1 fully saturated rings. The van der Waals surface area contributed by atoms with Crippen LogP contribution in [0.15, 0.2) is 66.8 Å². The van der Waals surface area contributed by atoms with Crippen LogP contribution in [0, 0.1) is 5.82 Å². The highest BCUT2D eigenvalue weighted by Crippen LogP contribution is 2.24. The third kappa shape index (κ3) is 3.45. The molecule has 1 aliphatic heterocycles. The molecule has 4 nitrogen and oxygen atoms in total. The van der Waals surface area contributed by atoms with Crippen molar-refractivity contribution in [3.05, 3.63) is 78.1 Å². The van der Waals surface area contributed by atoms with Crippen molar-refractivity contribution in [1.29, 1.82) is 0 Å². The Balaban J connectivity index is 1.99. The molecule has 2 amide bonds. The van der Waals surface area contributed by atoms with Crippen molar-refractivity contribution >= 4 is 35.2 Å². The molecule has 3 rings (SSSR count). The molecule has 1 heterocycles. The van der Waals surface area contributed by atoms with E-state index in [4.69, 9.17) is 12.2 Å². The first-order chi connectivity index (χ1) is 12.5. The van der Waals surface area contributed by atoms with E-state index >= 15 is 0 Å². The minimum atomic E-state index is -0.559. The highest BCUT2D eigenvalue weighted by atomic mass is 32.1. The molecule has 1 saturated heterocycles. The highest BCUT2D eigenvalue weighted by Gasteiger charge is 2.32. The maximum absolute atomic E-state index is 14.0. The lowest BCUT2D eigenvalue weighted by atomic mass is 10.0. The summed E-state index contributed by atoms with van der Waals surface area (Å²) >= 11 is 5.02. The average Bonchev–Trinajstić information content (AvgIpc) is 2.63. The highest BCUT2D eigenvalue weighted by molar-refractivity contribution is 7.80. The summed E-state index contributed by atoms with van der Waals surface area (Å²) in [6.45, 7) is 3.78. The van der Waals surface area contributed by atoms with E-state index in [1.54, 1.807) is 42.5 Å². The predicted octanol–water partition coefficient (Wildman–Crippen LogP) is 3.31. The Morgan fingerprint density at radius 1 is 1.15 bits per heavy atom. The van der Waals surface area contributed by atoms with E-state index in [1.165, 1.54) is 23.1 Å². The van der Waals surface area contributed by atoms with Crippen molar-refractivity contribution in [1.82, 2.24) is 10.2 Å². The Hall–Kier alpha value is -3.12. The van der Waals surface area contributed by atoms with Gasteiger partial charge in [-0.3, -0.25) is 19.8 Å². The van der Waals surface area contributed by atoms with E-state index < -0.39 is 11.8 Å². The van der Waals surface area contributed by atoms with Crippen molar-refractivity contribution in [2.24, 2.45) is 0 Å². The van der Waals surface area contributed by atoms with Crippen LogP contribution in [0.2, 0.25) is 0 Å². The van der Waals surface area contributed by atoms with Gasteiger partial charge in [0.15, 0.2) is 5.11 Å². The Morgan fingerprint density at radius 3 is 2.65 bits per heavy atom. The smallest absolute Gasteiger partial charge is 0.265 e. The molecule has 130 valence electrons. The predicted molar refractivity (Wildman–Crippen MR) is 102 cm³/mol. The number of carbonyl (C=O) groups is 2. The monoisotopic (exact) mass is 366 g/mol. The number of hydrogen-bond acceptors (Lipinski definition) is 3. The van der Waals surface area contributed by atoms with E-state index in [0.29, 0.717) is 16.7 Å². The minimum Gasteiger partial charge on any atom is -0.298 e. The summed E-state index contributed by atoms with van der Waals surface area (Å²) in [6, 6.07) is 13.4. The van der Waals surface area contributed by atoms with Crippen LogP contribution in [0.5, 0.6) is 0 Å². The van der Waals surface area contributed by atoms with Gasteiger partial charge in [-0.15, -0.1) is 6.58 Å². The van der Waals surface area contributed by atoms with Crippen molar-refractivity contribution in [3.63, 3.8) is 0 Å². The lowest BCUT2D eigenvalue weighted by Gasteiger charge is -2.27. The molecule has 26 heavy (non-hydrogen) atoms. The third-order valence-corrected chi connectivity index (χ3v) is 4.20. The van der Waals surface area contributed by atoms with Crippen LogP contribution in [-0.2, 0) is 9.59 Å². The summed E-state index contributed by atoms with van der Waals surface area (Å²) < 4.78 is 14.0. The van der Waals surface area contributed by atoms with Gasteiger partial charge in [-0.2, -0.15) is 0 Å². The summed E-state index contributed by atoms with van der Waals surface area (Å²) in [5.74, 6) is -1.39. The summed E-state index contributed by atoms with van der Waals surface area (Å²) in [6.07, 6.45) is 3.00. The number of amides is 2. The molecular formula is C20H15FN2O2S. The lowest BCUT2D eigenvalue weighted by Crippen LogP contribution is -2.53. The van der Waals surface area contributed by atoms with Crippen LogP contribution in [-0.4, -0.2) is 28.4 Å². The molecule has 0 unspecified atom stereocenters. The Morgan fingerprint density at radius 2 is 1.92 bits per heavy atom.